The van der Waals surface area contributed by atoms with Gasteiger partial charge in [-0.3, -0.25) is 0 Å². The van der Waals surface area contributed by atoms with Gasteiger partial charge in [0.1, 0.15) is 11.4 Å². The highest BCUT2D eigenvalue weighted by atomic mass is 79.9. The van der Waals surface area contributed by atoms with Crippen molar-refractivity contribution in [2.45, 2.75) is 50.2 Å². The smallest absolute Gasteiger partial charge is 0.126 e. The predicted octanol–water partition coefficient (Wildman–Crippen LogP) is 3.93. The molecule has 0 radical (unpaired) electrons. The lowest BCUT2D eigenvalue weighted by Crippen LogP contribution is -2.44. The molecule has 2 nitrogen and oxygen atoms in total. The summed E-state index contributed by atoms with van der Waals surface area (Å²) < 4.78 is 7.37. The zero-order valence-corrected chi connectivity index (χ0v) is 11.5. The predicted molar refractivity (Wildman–Crippen MR) is 72.1 cm³/mol. The van der Waals surface area contributed by atoms with E-state index in [2.05, 4.69) is 28.1 Å². The number of benzene rings is 1. The molecule has 1 atom stereocenters. The molecule has 17 heavy (non-hydrogen) atoms. The molecular formula is C14H18BrNO. The van der Waals surface area contributed by atoms with E-state index >= 15 is 0 Å². The monoisotopic (exact) mass is 295 g/mol. The molecule has 0 aromatic heterocycles. The van der Waals surface area contributed by atoms with E-state index in [-0.39, 0.29) is 11.6 Å². The van der Waals surface area contributed by atoms with Crippen molar-refractivity contribution in [3.8, 4) is 5.75 Å². The summed E-state index contributed by atoms with van der Waals surface area (Å²) in [6.07, 6.45) is 7.18. The Kier molecular flexibility index (Phi) is 2.91. The van der Waals surface area contributed by atoms with E-state index in [0.29, 0.717) is 0 Å². The highest BCUT2D eigenvalue weighted by molar-refractivity contribution is 9.10. The molecule has 1 aliphatic carbocycles. The topological polar surface area (TPSA) is 35.2 Å². The maximum Gasteiger partial charge on any atom is 0.126 e. The molecule has 0 bridgehead atoms. The summed E-state index contributed by atoms with van der Waals surface area (Å²) >= 11 is 3.50. The Bertz CT molecular complexity index is 426. The van der Waals surface area contributed by atoms with Gasteiger partial charge in [0.2, 0.25) is 0 Å². The molecule has 2 aliphatic rings. The average Bonchev–Trinajstić information content (AvgIpc) is 2.29. The quantitative estimate of drug-likeness (QED) is 0.787. The van der Waals surface area contributed by atoms with Gasteiger partial charge in [0, 0.05) is 22.5 Å². The Balaban J connectivity index is 1.95. The number of nitrogens with two attached hydrogens (primary N) is 1. The minimum absolute atomic E-state index is 0.0193. The first-order chi connectivity index (χ1) is 8.19. The van der Waals surface area contributed by atoms with Gasteiger partial charge in [0.25, 0.3) is 0 Å². The Hall–Kier alpha value is -0.540. The second kappa shape index (κ2) is 4.29. The second-order valence-electron chi connectivity index (χ2n) is 5.34. The van der Waals surface area contributed by atoms with Crippen molar-refractivity contribution in [2.24, 2.45) is 5.73 Å². The summed E-state index contributed by atoms with van der Waals surface area (Å²) in [7, 11) is 0. The van der Waals surface area contributed by atoms with E-state index in [0.717, 1.165) is 35.0 Å². The van der Waals surface area contributed by atoms with Crippen LogP contribution in [-0.2, 0) is 0 Å². The first-order valence-corrected chi connectivity index (χ1v) is 7.22. The number of hydrogen-bond donors (Lipinski definition) is 1. The molecule has 1 aromatic rings. The van der Waals surface area contributed by atoms with Gasteiger partial charge >= 0.3 is 0 Å². The molecule has 3 rings (SSSR count). The maximum atomic E-state index is 6.31. The minimum atomic E-state index is 0.0193. The molecular weight excluding hydrogens is 278 g/mol. The first-order valence-electron chi connectivity index (χ1n) is 6.43. The van der Waals surface area contributed by atoms with Gasteiger partial charge in [-0.05, 0) is 37.8 Å². The van der Waals surface area contributed by atoms with E-state index in [1.54, 1.807) is 0 Å². The Morgan fingerprint density at radius 3 is 2.76 bits per heavy atom. The summed E-state index contributed by atoms with van der Waals surface area (Å²) in [6, 6.07) is 6.32. The molecule has 0 amide bonds. The van der Waals surface area contributed by atoms with Crippen LogP contribution in [0.4, 0.5) is 0 Å². The van der Waals surface area contributed by atoms with Crippen molar-refractivity contribution in [3.05, 3.63) is 28.2 Å². The Morgan fingerprint density at radius 1 is 1.24 bits per heavy atom. The third-order valence-corrected chi connectivity index (χ3v) is 4.55. The Labute approximate surface area is 111 Å². The van der Waals surface area contributed by atoms with Gasteiger partial charge < -0.3 is 10.5 Å². The fraction of sp³-hybridized carbons (Fsp3) is 0.571. The summed E-state index contributed by atoms with van der Waals surface area (Å²) in [6.45, 7) is 0. The van der Waals surface area contributed by atoms with Crippen LogP contribution in [0.1, 0.15) is 50.1 Å². The third kappa shape index (κ3) is 2.11. The molecule has 0 unspecified atom stereocenters. The maximum absolute atomic E-state index is 6.31. The fourth-order valence-corrected chi connectivity index (χ4v) is 3.53. The fourth-order valence-electron chi connectivity index (χ4n) is 3.19. The molecule has 1 heterocycles. The van der Waals surface area contributed by atoms with Crippen molar-refractivity contribution < 1.29 is 4.74 Å². The van der Waals surface area contributed by atoms with Gasteiger partial charge in [-0.25, -0.2) is 0 Å². The van der Waals surface area contributed by atoms with Crippen LogP contribution in [-0.4, -0.2) is 5.60 Å². The number of ether oxygens (including phenoxy) is 1. The van der Waals surface area contributed by atoms with Crippen molar-refractivity contribution in [1.29, 1.82) is 0 Å². The lowest BCUT2D eigenvalue weighted by Gasteiger charge is -2.43. The lowest BCUT2D eigenvalue weighted by atomic mass is 9.77. The van der Waals surface area contributed by atoms with E-state index < -0.39 is 0 Å². The summed E-state index contributed by atoms with van der Waals surface area (Å²) in [5.74, 6) is 0.986. The van der Waals surface area contributed by atoms with Gasteiger partial charge in [0.05, 0.1) is 0 Å². The zero-order chi connectivity index (χ0) is 11.9. The molecule has 1 fully saturated rings. The number of fused-ring (bicyclic) bond motifs is 1. The van der Waals surface area contributed by atoms with Crippen molar-refractivity contribution in [3.63, 3.8) is 0 Å². The van der Waals surface area contributed by atoms with Crippen molar-refractivity contribution >= 4 is 15.9 Å². The number of rotatable bonds is 0. The van der Waals surface area contributed by atoms with Crippen molar-refractivity contribution in [2.75, 3.05) is 0 Å². The largest absolute Gasteiger partial charge is 0.487 e. The SMILES string of the molecule is N[C@@H]1CC2(CCCCC2)Oc2cc(Br)ccc21. The van der Waals surface area contributed by atoms with Gasteiger partial charge in [-0.15, -0.1) is 0 Å². The number of hydrogen-bond acceptors (Lipinski definition) is 2. The normalized spacial score (nSPS) is 26.4. The van der Waals surface area contributed by atoms with Crippen LogP contribution >= 0.6 is 15.9 Å². The van der Waals surface area contributed by atoms with Gasteiger partial charge in [-0.2, -0.15) is 0 Å². The average molecular weight is 296 g/mol. The van der Waals surface area contributed by atoms with Crippen LogP contribution in [0.25, 0.3) is 0 Å². The third-order valence-electron chi connectivity index (χ3n) is 4.06. The lowest BCUT2D eigenvalue weighted by molar-refractivity contribution is 0.00189. The molecule has 92 valence electrons. The second-order valence-corrected chi connectivity index (χ2v) is 6.25. The van der Waals surface area contributed by atoms with Crippen LogP contribution in [0, 0.1) is 0 Å². The Morgan fingerprint density at radius 2 is 2.00 bits per heavy atom. The van der Waals surface area contributed by atoms with Crippen LogP contribution in [0.2, 0.25) is 0 Å². The number of halogens is 1. The molecule has 1 spiro atoms. The van der Waals surface area contributed by atoms with Gasteiger partial charge in [0.15, 0.2) is 0 Å². The molecule has 1 aliphatic heterocycles. The van der Waals surface area contributed by atoms with E-state index in [1.165, 1.54) is 19.3 Å². The van der Waals surface area contributed by atoms with Crippen LogP contribution in [0.3, 0.4) is 0 Å². The summed E-state index contributed by atoms with van der Waals surface area (Å²) in [5, 5.41) is 0. The summed E-state index contributed by atoms with van der Waals surface area (Å²) in [4.78, 5) is 0. The van der Waals surface area contributed by atoms with Crippen LogP contribution in [0.15, 0.2) is 22.7 Å². The molecule has 0 saturated heterocycles. The van der Waals surface area contributed by atoms with Gasteiger partial charge in [-0.1, -0.05) is 28.4 Å². The molecule has 1 aromatic carbocycles. The van der Waals surface area contributed by atoms with E-state index in [9.17, 15) is 0 Å². The molecule has 3 heteroatoms. The zero-order valence-electron chi connectivity index (χ0n) is 9.92. The molecule has 1 saturated carbocycles. The highest BCUT2D eigenvalue weighted by Crippen LogP contribution is 2.45. The molecule has 2 N–H and O–H groups in total. The van der Waals surface area contributed by atoms with E-state index in [1.807, 2.05) is 6.07 Å². The van der Waals surface area contributed by atoms with E-state index in [4.69, 9.17) is 10.5 Å². The standard InChI is InChI=1S/C14H18BrNO/c15-10-4-5-11-12(16)9-14(17-13(11)8-10)6-2-1-3-7-14/h4-5,8,12H,1-3,6-7,9,16H2/t12-/m1/s1. The summed E-state index contributed by atoms with van der Waals surface area (Å²) in [5.41, 5.74) is 7.48. The highest BCUT2D eigenvalue weighted by Gasteiger charge is 2.40. The minimum Gasteiger partial charge on any atom is -0.487 e. The van der Waals surface area contributed by atoms with Crippen LogP contribution < -0.4 is 10.5 Å². The first kappa shape index (κ1) is 11.5. The van der Waals surface area contributed by atoms with Crippen LogP contribution in [0.5, 0.6) is 5.75 Å². The van der Waals surface area contributed by atoms with Crippen molar-refractivity contribution in [1.82, 2.24) is 0 Å².